The van der Waals surface area contributed by atoms with Gasteiger partial charge in [0.05, 0.1) is 11.4 Å². The molecule has 0 aromatic heterocycles. The Hall–Kier alpha value is -2.22. The predicted octanol–water partition coefficient (Wildman–Crippen LogP) is 4.35. The number of fused-ring (bicyclic) bond motifs is 1. The standard InChI is InChI=1S/C20H26N2/c1-6-14-12-18(13(3)4)16-10-8-9-11-17(16)19(21)20(22-5)15(14)7-2/h6-11,13,18,22H,1-2,12,21H2,3-5H3/b15-14-,20-19-. The Morgan fingerprint density at radius 1 is 1.23 bits per heavy atom. The van der Waals surface area contributed by atoms with E-state index < -0.39 is 0 Å². The molecule has 0 fully saturated rings. The summed E-state index contributed by atoms with van der Waals surface area (Å²) >= 11 is 0. The van der Waals surface area contributed by atoms with Crippen LogP contribution in [0.5, 0.6) is 0 Å². The van der Waals surface area contributed by atoms with Gasteiger partial charge in [-0.25, -0.2) is 0 Å². The second-order valence-electron chi connectivity index (χ2n) is 6.03. The van der Waals surface area contributed by atoms with Gasteiger partial charge < -0.3 is 11.1 Å². The minimum Gasteiger partial charge on any atom is -0.397 e. The van der Waals surface area contributed by atoms with Crippen molar-refractivity contribution in [3.8, 4) is 0 Å². The fraction of sp³-hybridized carbons (Fsp3) is 0.300. The molecule has 0 spiro atoms. The third-order valence-electron chi connectivity index (χ3n) is 4.48. The van der Waals surface area contributed by atoms with Crippen LogP contribution < -0.4 is 11.1 Å². The number of hydrogen-bond donors (Lipinski definition) is 2. The first-order valence-corrected chi connectivity index (χ1v) is 7.80. The van der Waals surface area contributed by atoms with Crippen LogP contribution >= 0.6 is 0 Å². The van der Waals surface area contributed by atoms with E-state index in [0.29, 0.717) is 11.8 Å². The van der Waals surface area contributed by atoms with Gasteiger partial charge in [-0.1, -0.05) is 63.4 Å². The van der Waals surface area contributed by atoms with E-state index in [9.17, 15) is 0 Å². The van der Waals surface area contributed by atoms with E-state index in [4.69, 9.17) is 5.73 Å². The molecule has 0 aliphatic heterocycles. The van der Waals surface area contributed by atoms with Gasteiger partial charge >= 0.3 is 0 Å². The van der Waals surface area contributed by atoms with Crippen LogP contribution in [0.3, 0.4) is 0 Å². The Bertz CT molecular complexity index is 647. The van der Waals surface area contributed by atoms with Crippen molar-refractivity contribution in [2.75, 3.05) is 7.05 Å². The Kier molecular flexibility index (Phi) is 4.92. The van der Waals surface area contributed by atoms with Gasteiger partial charge in [-0.3, -0.25) is 0 Å². The lowest BCUT2D eigenvalue weighted by molar-refractivity contribution is 0.494. The van der Waals surface area contributed by atoms with Crippen molar-refractivity contribution < 1.29 is 0 Å². The Labute approximate surface area is 134 Å². The van der Waals surface area contributed by atoms with Crippen molar-refractivity contribution in [2.45, 2.75) is 26.2 Å². The quantitative estimate of drug-likeness (QED) is 0.866. The average Bonchev–Trinajstić information content (AvgIpc) is 2.52. The molecule has 0 heterocycles. The molecule has 1 atom stereocenters. The highest BCUT2D eigenvalue weighted by molar-refractivity contribution is 5.75. The lowest BCUT2D eigenvalue weighted by Gasteiger charge is -2.29. The maximum absolute atomic E-state index is 6.52. The van der Waals surface area contributed by atoms with E-state index in [2.05, 4.69) is 50.5 Å². The smallest absolute Gasteiger partial charge is 0.0653 e. The highest BCUT2D eigenvalue weighted by Gasteiger charge is 2.25. The molecule has 3 N–H and O–H groups in total. The molecule has 1 unspecified atom stereocenters. The van der Waals surface area contributed by atoms with E-state index in [0.717, 1.165) is 29.0 Å². The summed E-state index contributed by atoms with van der Waals surface area (Å²) < 4.78 is 0. The summed E-state index contributed by atoms with van der Waals surface area (Å²) in [5, 5.41) is 3.25. The maximum atomic E-state index is 6.52. The van der Waals surface area contributed by atoms with Crippen LogP contribution in [-0.2, 0) is 0 Å². The molecule has 22 heavy (non-hydrogen) atoms. The first kappa shape index (κ1) is 16.2. The number of likely N-dealkylation sites (N-methyl/N-ethyl adjacent to an activating group) is 1. The van der Waals surface area contributed by atoms with Crippen LogP contribution in [0.15, 0.2) is 66.4 Å². The number of benzene rings is 1. The summed E-state index contributed by atoms with van der Waals surface area (Å²) in [6.45, 7) is 12.5. The minimum absolute atomic E-state index is 0.413. The van der Waals surface area contributed by atoms with Crippen molar-refractivity contribution in [1.82, 2.24) is 5.32 Å². The van der Waals surface area contributed by atoms with Gasteiger partial charge in [-0.2, -0.15) is 0 Å². The third kappa shape index (κ3) is 2.74. The molecule has 0 saturated carbocycles. The second-order valence-corrected chi connectivity index (χ2v) is 6.03. The zero-order chi connectivity index (χ0) is 16.3. The summed E-state index contributed by atoms with van der Waals surface area (Å²) in [4.78, 5) is 0. The molecule has 2 heteroatoms. The van der Waals surface area contributed by atoms with E-state index in [1.165, 1.54) is 11.1 Å². The summed E-state index contributed by atoms with van der Waals surface area (Å²) in [6, 6.07) is 8.44. The summed E-state index contributed by atoms with van der Waals surface area (Å²) in [7, 11) is 1.90. The Balaban J connectivity index is 2.82. The molecule has 0 amide bonds. The molecule has 1 aromatic rings. The van der Waals surface area contributed by atoms with Crippen molar-refractivity contribution in [2.24, 2.45) is 11.7 Å². The van der Waals surface area contributed by atoms with Gasteiger partial charge in [0.1, 0.15) is 0 Å². The van der Waals surface area contributed by atoms with Crippen molar-refractivity contribution >= 4 is 5.70 Å². The van der Waals surface area contributed by atoms with E-state index >= 15 is 0 Å². The highest BCUT2D eigenvalue weighted by Crippen LogP contribution is 2.39. The van der Waals surface area contributed by atoms with Gasteiger partial charge in [0, 0.05) is 18.2 Å². The number of rotatable bonds is 4. The lowest BCUT2D eigenvalue weighted by atomic mass is 9.77. The number of hydrogen-bond acceptors (Lipinski definition) is 2. The van der Waals surface area contributed by atoms with E-state index in [1.807, 2.05) is 25.3 Å². The van der Waals surface area contributed by atoms with Crippen molar-refractivity contribution in [3.63, 3.8) is 0 Å². The molecule has 2 rings (SSSR count). The van der Waals surface area contributed by atoms with Crippen LogP contribution in [-0.4, -0.2) is 7.05 Å². The average molecular weight is 294 g/mol. The van der Waals surface area contributed by atoms with E-state index in [-0.39, 0.29) is 0 Å². The Morgan fingerprint density at radius 2 is 1.91 bits per heavy atom. The van der Waals surface area contributed by atoms with Gasteiger partial charge in [-0.15, -0.1) is 0 Å². The van der Waals surface area contributed by atoms with Gasteiger partial charge in [0.25, 0.3) is 0 Å². The molecule has 2 nitrogen and oxygen atoms in total. The number of nitrogens with two attached hydrogens (primary N) is 1. The fourth-order valence-electron chi connectivity index (χ4n) is 3.25. The van der Waals surface area contributed by atoms with Crippen LogP contribution in [0.4, 0.5) is 0 Å². The van der Waals surface area contributed by atoms with Gasteiger partial charge in [0.2, 0.25) is 0 Å². The molecule has 0 saturated heterocycles. The molecule has 116 valence electrons. The van der Waals surface area contributed by atoms with Crippen molar-refractivity contribution in [3.05, 3.63) is 77.5 Å². The van der Waals surface area contributed by atoms with Crippen LogP contribution in [0.1, 0.15) is 37.3 Å². The summed E-state index contributed by atoms with van der Waals surface area (Å²) in [5.74, 6) is 0.933. The minimum atomic E-state index is 0.413. The van der Waals surface area contributed by atoms with Gasteiger partial charge in [0.15, 0.2) is 0 Å². The van der Waals surface area contributed by atoms with Crippen LogP contribution in [0.2, 0.25) is 0 Å². The molecular formula is C20H26N2. The molecular weight excluding hydrogens is 268 g/mol. The monoisotopic (exact) mass is 294 g/mol. The zero-order valence-electron chi connectivity index (χ0n) is 13.8. The third-order valence-corrected chi connectivity index (χ3v) is 4.48. The first-order chi connectivity index (χ1) is 10.5. The SMILES string of the molecule is C=C/C1=C(C=C)/C(NC)=C(/N)c2ccccc2C(C(C)C)C1. The molecule has 0 radical (unpaired) electrons. The second kappa shape index (κ2) is 6.69. The van der Waals surface area contributed by atoms with E-state index in [1.54, 1.807) is 0 Å². The zero-order valence-corrected chi connectivity index (χ0v) is 13.8. The molecule has 1 aliphatic rings. The predicted molar refractivity (Wildman–Crippen MR) is 96.2 cm³/mol. The largest absolute Gasteiger partial charge is 0.397 e. The van der Waals surface area contributed by atoms with Crippen LogP contribution in [0, 0.1) is 5.92 Å². The fourth-order valence-corrected chi connectivity index (χ4v) is 3.25. The molecule has 1 aromatic carbocycles. The lowest BCUT2D eigenvalue weighted by Crippen LogP contribution is -2.21. The van der Waals surface area contributed by atoms with Crippen LogP contribution in [0.25, 0.3) is 5.70 Å². The number of nitrogens with one attached hydrogen (secondary N) is 1. The number of allylic oxidation sites excluding steroid dienone is 3. The normalized spacial score (nSPS) is 25.2. The summed E-state index contributed by atoms with van der Waals surface area (Å²) in [6.07, 6.45) is 4.75. The van der Waals surface area contributed by atoms with Crippen molar-refractivity contribution in [1.29, 1.82) is 0 Å². The molecule has 1 aliphatic carbocycles. The Morgan fingerprint density at radius 3 is 2.45 bits per heavy atom. The van der Waals surface area contributed by atoms with Gasteiger partial charge in [-0.05, 0) is 29.4 Å². The topological polar surface area (TPSA) is 38.0 Å². The molecule has 0 bridgehead atoms. The summed E-state index contributed by atoms with van der Waals surface area (Å²) in [5.41, 5.74) is 12.9. The maximum Gasteiger partial charge on any atom is 0.0653 e. The highest BCUT2D eigenvalue weighted by atomic mass is 14.9. The first-order valence-electron chi connectivity index (χ1n) is 7.80.